The van der Waals surface area contributed by atoms with Crippen molar-refractivity contribution in [2.24, 2.45) is 0 Å². The molecule has 1 aromatic carbocycles. The number of furan rings is 1. The minimum absolute atomic E-state index is 0.0121. The Balaban J connectivity index is 1.66. The summed E-state index contributed by atoms with van der Waals surface area (Å²) in [6.07, 6.45) is 0.678. The van der Waals surface area contributed by atoms with E-state index in [-0.39, 0.29) is 16.4 Å². The van der Waals surface area contributed by atoms with Crippen molar-refractivity contribution in [2.75, 3.05) is 46.5 Å². The largest absolute Gasteiger partial charge is 0.507 e. The molecule has 0 bridgehead atoms. The molecule has 1 aromatic heterocycles. The third kappa shape index (κ3) is 4.78. The van der Waals surface area contributed by atoms with E-state index in [0.29, 0.717) is 49.0 Å². The molecule has 3 heterocycles. The maximum Gasteiger partial charge on any atom is 0.295 e. The SMILES string of the molecule is COc1ccc(/C(O)=C2\C(=O)C(=O)N(CCCN3CCOCC3)[C@H]2c2ccc(C)o2)cc1Cl. The summed E-state index contributed by atoms with van der Waals surface area (Å²) < 4.78 is 16.3. The highest BCUT2D eigenvalue weighted by Crippen LogP contribution is 2.40. The van der Waals surface area contributed by atoms with Crippen molar-refractivity contribution in [1.29, 1.82) is 0 Å². The second-order valence-electron chi connectivity index (χ2n) is 8.10. The fourth-order valence-electron chi connectivity index (χ4n) is 4.27. The Kier molecular flexibility index (Phi) is 7.07. The number of methoxy groups -OCH3 is 1. The van der Waals surface area contributed by atoms with Gasteiger partial charge in [0.15, 0.2) is 0 Å². The topological polar surface area (TPSA) is 92.5 Å². The quantitative estimate of drug-likeness (QED) is 0.373. The van der Waals surface area contributed by atoms with Gasteiger partial charge in [-0.15, -0.1) is 0 Å². The van der Waals surface area contributed by atoms with Crippen LogP contribution in [0.4, 0.5) is 0 Å². The number of aryl methyl sites for hydroxylation is 1. The first-order chi connectivity index (χ1) is 15.9. The number of nitrogens with zero attached hydrogens (tertiary/aromatic N) is 2. The maximum absolute atomic E-state index is 13.1. The summed E-state index contributed by atoms with van der Waals surface area (Å²) in [5.41, 5.74) is 0.308. The van der Waals surface area contributed by atoms with Crippen LogP contribution in [0.25, 0.3) is 5.76 Å². The summed E-state index contributed by atoms with van der Waals surface area (Å²) in [6, 6.07) is 7.39. The molecule has 176 valence electrons. The lowest BCUT2D eigenvalue weighted by Crippen LogP contribution is -2.38. The normalized spacial score (nSPS) is 21.1. The summed E-state index contributed by atoms with van der Waals surface area (Å²) in [5, 5.41) is 11.4. The zero-order valence-corrected chi connectivity index (χ0v) is 19.4. The van der Waals surface area contributed by atoms with Crippen LogP contribution in [0.2, 0.25) is 5.02 Å². The lowest BCUT2D eigenvalue weighted by atomic mass is 9.99. The molecular weight excluding hydrogens is 448 g/mol. The van der Waals surface area contributed by atoms with Crippen LogP contribution in [-0.2, 0) is 14.3 Å². The molecular formula is C24H27ClN2O6. The predicted molar refractivity (Wildman–Crippen MR) is 122 cm³/mol. The smallest absolute Gasteiger partial charge is 0.295 e. The minimum Gasteiger partial charge on any atom is -0.507 e. The van der Waals surface area contributed by atoms with E-state index in [4.69, 9.17) is 25.5 Å². The molecule has 9 heteroatoms. The average Bonchev–Trinajstić information content (AvgIpc) is 3.35. The number of hydrogen-bond acceptors (Lipinski definition) is 7. The Morgan fingerprint density at radius 2 is 1.94 bits per heavy atom. The maximum atomic E-state index is 13.1. The Morgan fingerprint density at radius 3 is 2.58 bits per heavy atom. The second kappa shape index (κ2) is 9.99. The molecule has 0 aliphatic carbocycles. The molecule has 1 atom stereocenters. The van der Waals surface area contributed by atoms with Gasteiger partial charge in [0.05, 0.1) is 30.9 Å². The summed E-state index contributed by atoms with van der Waals surface area (Å²) >= 11 is 6.22. The van der Waals surface area contributed by atoms with Gasteiger partial charge in [0, 0.05) is 31.7 Å². The monoisotopic (exact) mass is 474 g/mol. The van der Waals surface area contributed by atoms with Crippen molar-refractivity contribution in [3.63, 3.8) is 0 Å². The fourth-order valence-corrected chi connectivity index (χ4v) is 4.52. The standard InChI is InChI=1S/C24H27ClN2O6/c1-15-4-6-19(33-15)21-20(22(28)16-5-7-18(31-2)17(25)14-16)23(29)24(30)27(21)9-3-8-26-10-12-32-13-11-26/h4-7,14,21,28H,3,8-13H2,1-2H3/b22-20+/t21-/m0/s1. The summed E-state index contributed by atoms with van der Waals surface area (Å²) in [6.45, 7) is 6.01. The molecule has 0 spiro atoms. The van der Waals surface area contributed by atoms with Gasteiger partial charge in [0.2, 0.25) is 0 Å². The summed E-state index contributed by atoms with van der Waals surface area (Å²) in [7, 11) is 1.49. The van der Waals surface area contributed by atoms with Crippen LogP contribution >= 0.6 is 11.6 Å². The van der Waals surface area contributed by atoms with E-state index in [1.807, 2.05) is 0 Å². The van der Waals surface area contributed by atoms with E-state index in [1.165, 1.54) is 18.1 Å². The van der Waals surface area contributed by atoms with Crippen molar-refractivity contribution in [3.05, 3.63) is 58.0 Å². The van der Waals surface area contributed by atoms with Crippen molar-refractivity contribution < 1.29 is 28.6 Å². The highest BCUT2D eigenvalue weighted by molar-refractivity contribution is 6.46. The number of ether oxygens (including phenoxy) is 2. The molecule has 33 heavy (non-hydrogen) atoms. The van der Waals surface area contributed by atoms with Gasteiger partial charge >= 0.3 is 0 Å². The summed E-state index contributed by atoms with van der Waals surface area (Å²) in [5.74, 6) is -0.180. The van der Waals surface area contributed by atoms with Crippen molar-refractivity contribution in [2.45, 2.75) is 19.4 Å². The number of hydrogen-bond donors (Lipinski definition) is 1. The van der Waals surface area contributed by atoms with Crippen LogP contribution < -0.4 is 4.74 Å². The third-order valence-electron chi connectivity index (χ3n) is 5.97. The zero-order valence-electron chi connectivity index (χ0n) is 18.7. The molecule has 2 fully saturated rings. The zero-order chi connectivity index (χ0) is 23.5. The minimum atomic E-state index is -0.815. The highest BCUT2D eigenvalue weighted by Gasteiger charge is 2.47. The van der Waals surface area contributed by atoms with Gasteiger partial charge in [-0.2, -0.15) is 0 Å². The van der Waals surface area contributed by atoms with E-state index in [2.05, 4.69) is 4.90 Å². The molecule has 0 radical (unpaired) electrons. The van der Waals surface area contributed by atoms with Crippen LogP contribution in [-0.4, -0.2) is 73.1 Å². The number of rotatable bonds is 7. The number of morpholine rings is 1. The number of carbonyl (C=O) groups is 2. The first kappa shape index (κ1) is 23.4. The highest BCUT2D eigenvalue weighted by atomic mass is 35.5. The van der Waals surface area contributed by atoms with E-state index in [9.17, 15) is 14.7 Å². The predicted octanol–water partition coefficient (Wildman–Crippen LogP) is 3.39. The molecule has 1 amide bonds. The molecule has 0 unspecified atom stereocenters. The number of likely N-dealkylation sites (tertiary alicyclic amines) is 1. The van der Waals surface area contributed by atoms with Crippen LogP contribution in [0.3, 0.4) is 0 Å². The first-order valence-electron chi connectivity index (χ1n) is 10.9. The van der Waals surface area contributed by atoms with Crippen LogP contribution in [0, 0.1) is 6.92 Å². The third-order valence-corrected chi connectivity index (χ3v) is 6.27. The van der Waals surface area contributed by atoms with Crippen LogP contribution in [0.15, 0.2) is 40.3 Å². The molecule has 2 aromatic rings. The first-order valence-corrected chi connectivity index (χ1v) is 11.3. The van der Waals surface area contributed by atoms with E-state index >= 15 is 0 Å². The van der Waals surface area contributed by atoms with Crippen molar-refractivity contribution in [1.82, 2.24) is 9.80 Å². The fraction of sp³-hybridized carbons (Fsp3) is 0.417. The van der Waals surface area contributed by atoms with Gasteiger partial charge in [0.1, 0.15) is 29.1 Å². The van der Waals surface area contributed by atoms with E-state index < -0.39 is 17.7 Å². The van der Waals surface area contributed by atoms with Crippen LogP contribution in [0.5, 0.6) is 5.75 Å². The number of Topliss-reactive ketones (excluding diaryl/α,β-unsaturated/α-hetero) is 1. The van der Waals surface area contributed by atoms with E-state index in [1.54, 1.807) is 31.2 Å². The van der Waals surface area contributed by atoms with Gasteiger partial charge in [-0.1, -0.05) is 11.6 Å². The van der Waals surface area contributed by atoms with Gasteiger partial charge < -0.3 is 23.9 Å². The number of ketones is 1. The number of aliphatic hydroxyl groups is 1. The van der Waals surface area contributed by atoms with Gasteiger partial charge in [-0.25, -0.2) is 0 Å². The Hall–Kier alpha value is -2.81. The number of halogens is 1. The van der Waals surface area contributed by atoms with E-state index in [0.717, 1.165) is 19.6 Å². The Morgan fingerprint density at radius 1 is 1.18 bits per heavy atom. The lowest BCUT2D eigenvalue weighted by molar-refractivity contribution is -0.140. The van der Waals surface area contributed by atoms with Gasteiger partial charge in [-0.3, -0.25) is 14.5 Å². The Bertz CT molecular complexity index is 1070. The number of carbonyl (C=O) groups excluding carboxylic acids is 2. The number of aliphatic hydroxyl groups excluding tert-OH is 1. The van der Waals surface area contributed by atoms with Gasteiger partial charge in [-0.05, 0) is 43.7 Å². The molecule has 2 aliphatic rings. The lowest BCUT2D eigenvalue weighted by Gasteiger charge is -2.28. The number of benzene rings is 1. The summed E-state index contributed by atoms with van der Waals surface area (Å²) in [4.78, 5) is 29.8. The average molecular weight is 475 g/mol. The van der Waals surface area contributed by atoms with Gasteiger partial charge in [0.25, 0.3) is 11.7 Å². The van der Waals surface area contributed by atoms with Crippen molar-refractivity contribution >= 4 is 29.1 Å². The molecule has 1 N–H and O–H groups in total. The molecule has 2 aliphatic heterocycles. The van der Waals surface area contributed by atoms with Crippen LogP contribution in [0.1, 0.15) is 29.5 Å². The Labute approximate surface area is 197 Å². The number of amides is 1. The molecule has 8 nitrogen and oxygen atoms in total. The molecule has 2 saturated heterocycles. The molecule has 0 saturated carbocycles. The second-order valence-corrected chi connectivity index (χ2v) is 8.50. The van der Waals surface area contributed by atoms with Crippen molar-refractivity contribution in [3.8, 4) is 5.75 Å². The molecule has 4 rings (SSSR count).